The lowest BCUT2D eigenvalue weighted by atomic mass is 10.1. The van der Waals surface area contributed by atoms with E-state index in [1.54, 1.807) is 11.8 Å². The fourth-order valence-corrected chi connectivity index (χ4v) is 4.36. The second kappa shape index (κ2) is 9.26. The van der Waals surface area contributed by atoms with Gasteiger partial charge in [0.25, 0.3) is 0 Å². The van der Waals surface area contributed by atoms with Gasteiger partial charge in [0.1, 0.15) is 11.0 Å². The molecule has 3 heterocycles. The molecule has 0 amide bonds. The molecule has 2 fully saturated rings. The van der Waals surface area contributed by atoms with Crippen LogP contribution in [0, 0.1) is 0 Å². The highest BCUT2D eigenvalue weighted by Gasteiger charge is 2.28. The zero-order valence-corrected chi connectivity index (χ0v) is 16.7. The average Bonchev–Trinajstić information content (AvgIpc) is 2.66. The number of anilines is 2. The van der Waals surface area contributed by atoms with E-state index in [2.05, 4.69) is 27.0 Å². The topological polar surface area (TPSA) is 53.5 Å². The first-order chi connectivity index (χ1) is 12.2. The molecule has 1 N–H and O–H groups in total. The Balaban J connectivity index is 1.92. The van der Waals surface area contributed by atoms with Crippen molar-refractivity contribution in [3.8, 4) is 0 Å². The molecule has 3 rings (SSSR count). The first kappa shape index (κ1) is 19.0. The minimum Gasteiger partial charge on any atom is -0.378 e. The minimum atomic E-state index is 0.461. The van der Waals surface area contributed by atoms with E-state index in [0.717, 1.165) is 49.4 Å². The molecule has 0 aliphatic carbocycles. The van der Waals surface area contributed by atoms with Gasteiger partial charge in [-0.25, -0.2) is 0 Å². The molecule has 0 radical (unpaired) electrons. The predicted molar refractivity (Wildman–Crippen MR) is 105 cm³/mol. The van der Waals surface area contributed by atoms with Crippen molar-refractivity contribution in [1.82, 2.24) is 15.3 Å². The third kappa shape index (κ3) is 4.51. The molecular formula is C17H28ClN5OS. The summed E-state index contributed by atoms with van der Waals surface area (Å²) in [5, 5.41) is 4.08. The van der Waals surface area contributed by atoms with Crippen LogP contribution in [0.15, 0.2) is 4.90 Å². The van der Waals surface area contributed by atoms with Crippen LogP contribution in [0.3, 0.4) is 0 Å². The second-order valence-corrected chi connectivity index (χ2v) is 7.64. The van der Waals surface area contributed by atoms with Crippen LogP contribution in [0.1, 0.15) is 26.2 Å². The van der Waals surface area contributed by atoms with Crippen molar-refractivity contribution in [2.24, 2.45) is 0 Å². The molecule has 25 heavy (non-hydrogen) atoms. The van der Waals surface area contributed by atoms with Gasteiger partial charge in [-0.1, -0.05) is 31.4 Å². The maximum Gasteiger partial charge on any atom is 0.228 e. The number of piperazine rings is 1. The van der Waals surface area contributed by atoms with Crippen LogP contribution < -0.4 is 15.1 Å². The Hall–Kier alpha value is -0.760. The maximum absolute atomic E-state index is 6.55. The molecule has 2 aliphatic rings. The zero-order chi connectivity index (χ0) is 17.6. The van der Waals surface area contributed by atoms with Gasteiger partial charge >= 0.3 is 0 Å². The van der Waals surface area contributed by atoms with Crippen LogP contribution in [0.4, 0.5) is 11.8 Å². The van der Waals surface area contributed by atoms with E-state index < -0.39 is 0 Å². The number of hydrogen-bond donors (Lipinski definition) is 1. The molecule has 0 saturated carbocycles. The summed E-state index contributed by atoms with van der Waals surface area (Å²) >= 11 is 8.19. The largest absolute Gasteiger partial charge is 0.378 e. The fourth-order valence-electron chi connectivity index (χ4n) is 3.41. The SMILES string of the molecule is CCCCC1CNCCN1c1nc(N2CCOCC2)nc(Cl)c1SC. The smallest absolute Gasteiger partial charge is 0.228 e. The third-order valence-electron chi connectivity index (χ3n) is 4.81. The minimum absolute atomic E-state index is 0.461. The Morgan fingerprint density at radius 2 is 2.08 bits per heavy atom. The van der Waals surface area contributed by atoms with Gasteiger partial charge in [0.2, 0.25) is 5.95 Å². The van der Waals surface area contributed by atoms with Crippen LogP contribution in [-0.2, 0) is 4.74 Å². The van der Waals surface area contributed by atoms with Crippen LogP contribution in [0.2, 0.25) is 5.15 Å². The van der Waals surface area contributed by atoms with E-state index in [-0.39, 0.29) is 0 Å². The van der Waals surface area contributed by atoms with E-state index in [0.29, 0.717) is 24.4 Å². The average molecular weight is 386 g/mol. The Morgan fingerprint density at radius 3 is 2.80 bits per heavy atom. The first-order valence-corrected chi connectivity index (χ1v) is 10.8. The monoisotopic (exact) mass is 385 g/mol. The predicted octanol–water partition coefficient (Wildman–Crippen LogP) is 2.66. The number of hydrogen-bond acceptors (Lipinski definition) is 7. The molecule has 0 bridgehead atoms. The molecular weight excluding hydrogens is 358 g/mol. The van der Waals surface area contributed by atoms with Gasteiger partial charge in [-0.15, -0.1) is 11.8 Å². The van der Waals surface area contributed by atoms with Gasteiger partial charge in [0.05, 0.1) is 18.1 Å². The number of rotatable bonds is 6. The van der Waals surface area contributed by atoms with Gasteiger partial charge in [-0.3, -0.25) is 0 Å². The Bertz CT molecular complexity index is 570. The number of nitrogens with one attached hydrogen (secondary N) is 1. The summed E-state index contributed by atoms with van der Waals surface area (Å²) in [5.41, 5.74) is 0. The standard InChI is InChI=1S/C17H28ClN5OS/c1-3-4-5-13-12-19-6-7-23(13)16-14(25-2)15(18)20-17(21-16)22-8-10-24-11-9-22/h13,19H,3-12H2,1-2H3. The fraction of sp³-hybridized carbons (Fsp3) is 0.765. The maximum atomic E-state index is 6.55. The van der Waals surface area contributed by atoms with Gasteiger partial charge in [-0.05, 0) is 12.7 Å². The molecule has 8 heteroatoms. The molecule has 6 nitrogen and oxygen atoms in total. The van der Waals surface area contributed by atoms with Crippen molar-refractivity contribution in [1.29, 1.82) is 0 Å². The number of halogens is 1. The van der Waals surface area contributed by atoms with Crippen LogP contribution in [-0.4, -0.2) is 68.2 Å². The first-order valence-electron chi connectivity index (χ1n) is 9.16. The van der Waals surface area contributed by atoms with E-state index in [1.165, 1.54) is 19.3 Å². The van der Waals surface area contributed by atoms with Crippen molar-refractivity contribution < 1.29 is 4.74 Å². The van der Waals surface area contributed by atoms with E-state index in [1.807, 2.05) is 6.26 Å². The summed E-state index contributed by atoms with van der Waals surface area (Å²) in [4.78, 5) is 15.1. The summed E-state index contributed by atoms with van der Waals surface area (Å²) in [6, 6.07) is 0.461. The van der Waals surface area contributed by atoms with Crippen molar-refractivity contribution in [3.05, 3.63) is 5.15 Å². The molecule has 2 aliphatic heterocycles. The van der Waals surface area contributed by atoms with Crippen LogP contribution in [0.25, 0.3) is 0 Å². The summed E-state index contributed by atoms with van der Waals surface area (Å²) in [5.74, 6) is 1.73. The molecule has 140 valence electrons. The number of morpholine rings is 1. The Labute approximate surface area is 159 Å². The zero-order valence-electron chi connectivity index (χ0n) is 15.1. The highest BCUT2D eigenvalue weighted by atomic mass is 35.5. The number of unbranched alkanes of at least 4 members (excludes halogenated alkanes) is 1. The van der Waals surface area contributed by atoms with Gasteiger partial charge in [0.15, 0.2) is 0 Å². The lowest BCUT2D eigenvalue weighted by Gasteiger charge is -2.38. The lowest BCUT2D eigenvalue weighted by Crippen LogP contribution is -2.52. The molecule has 1 atom stereocenters. The van der Waals surface area contributed by atoms with Crippen LogP contribution in [0.5, 0.6) is 0 Å². The van der Waals surface area contributed by atoms with Gasteiger partial charge in [-0.2, -0.15) is 9.97 Å². The van der Waals surface area contributed by atoms with Crippen LogP contribution >= 0.6 is 23.4 Å². The molecule has 0 spiro atoms. The van der Waals surface area contributed by atoms with E-state index in [9.17, 15) is 0 Å². The number of aromatic nitrogens is 2. The molecule has 2 saturated heterocycles. The number of ether oxygens (including phenoxy) is 1. The molecule has 1 unspecified atom stereocenters. The highest BCUT2D eigenvalue weighted by Crippen LogP contribution is 2.36. The number of nitrogens with zero attached hydrogens (tertiary/aromatic N) is 4. The highest BCUT2D eigenvalue weighted by molar-refractivity contribution is 7.98. The molecule has 1 aromatic heterocycles. The molecule has 1 aromatic rings. The second-order valence-electron chi connectivity index (χ2n) is 6.46. The normalized spacial score (nSPS) is 21.6. The summed E-state index contributed by atoms with van der Waals surface area (Å²) < 4.78 is 5.45. The van der Waals surface area contributed by atoms with E-state index >= 15 is 0 Å². The summed E-state index contributed by atoms with van der Waals surface area (Å²) in [6.07, 6.45) is 5.66. The Morgan fingerprint density at radius 1 is 1.28 bits per heavy atom. The summed E-state index contributed by atoms with van der Waals surface area (Å²) in [6.45, 7) is 8.24. The Kier molecular flexibility index (Phi) is 7.04. The van der Waals surface area contributed by atoms with Crippen molar-refractivity contribution in [2.75, 3.05) is 62.0 Å². The quantitative estimate of drug-likeness (QED) is 0.596. The molecule has 0 aromatic carbocycles. The van der Waals surface area contributed by atoms with Crippen molar-refractivity contribution in [2.45, 2.75) is 37.1 Å². The van der Waals surface area contributed by atoms with Crippen molar-refractivity contribution in [3.63, 3.8) is 0 Å². The van der Waals surface area contributed by atoms with Crippen molar-refractivity contribution >= 4 is 35.1 Å². The lowest BCUT2D eigenvalue weighted by molar-refractivity contribution is 0.122. The van der Waals surface area contributed by atoms with E-state index in [4.69, 9.17) is 21.3 Å². The van der Waals surface area contributed by atoms with Gasteiger partial charge < -0.3 is 19.9 Å². The van der Waals surface area contributed by atoms with Gasteiger partial charge in [0, 0.05) is 38.8 Å². The number of thioether (sulfide) groups is 1. The third-order valence-corrected chi connectivity index (χ3v) is 5.98. The summed E-state index contributed by atoms with van der Waals surface area (Å²) in [7, 11) is 0.